The van der Waals surface area contributed by atoms with Gasteiger partial charge in [0, 0.05) is 55.6 Å². The zero-order valence-electron chi connectivity index (χ0n) is 19.4. The van der Waals surface area contributed by atoms with Crippen LogP contribution < -0.4 is 15.0 Å². The molecule has 1 aliphatic rings. The first-order valence-corrected chi connectivity index (χ1v) is 11.3. The molecule has 0 aliphatic carbocycles. The van der Waals surface area contributed by atoms with Gasteiger partial charge in [-0.15, -0.1) is 0 Å². The number of anilines is 3. The van der Waals surface area contributed by atoms with Gasteiger partial charge >= 0.3 is 0 Å². The molecule has 34 heavy (non-hydrogen) atoms. The molecule has 4 aromatic rings. The second kappa shape index (κ2) is 8.66. The lowest BCUT2D eigenvalue weighted by Gasteiger charge is -2.19. The molecule has 0 fully saturated rings. The molecule has 5 rings (SSSR count). The Morgan fingerprint density at radius 1 is 1.29 bits per heavy atom. The highest BCUT2D eigenvalue weighted by molar-refractivity contribution is 5.97. The van der Waals surface area contributed by atoms with Crippen molar-refractivity contribution in [1.82, 2.24) is 14.5 Å². The molecule has 9 nitrogen and oxygen atoms in total. The lowest BCUT2D eigenvalue weighted by Crippen LogP contribution is -2.17. The molecule has 0 saturated heterocycles. The number of nitro groups is 1. The van der Waals surface area contributed by atoms with Gasteiger partial charge in [-0.3, -0.25) is 10.1 Å². The summed E-state index contributed by atoms with van der Waals surface area (Å²) in [6.07, 6.45) is 6.05. The Bertz CT molecular complexity index is 1400. The Hall–Kier alpha value is -4.14. The quantitative estimate of drug-likeness (QED) is 0.302. The van der Waals surface area contributed by atoms with Crippen LogP contribution in [0.5, 0.6) is 5.75 Å². The molecule has 174 valence electrons. The van der Waals surface area contributed by atoms with Crippen molar-refractivity contribution in [3.63, 3.8) is 0 Å². The lowest BCUT2D eigenvalue weighted by molar-refractivity contribution is -0.384. The van der Waals surface area contributed by atoms with Crippen molar-refractivity contribution < 1.29 is 9.66 Å². The van der Waals surface area contributed by atoms with Crippen molar-refractivity contribution in [3.05, 3.63) is 64.5 Å². The van der Waals surface area contributed by atoms with E-state index in [0.717, 1.165) is 30.6 Å². The molecule has 0 spiro atoms. The van der Waals surface area contributed by atoms with Gasteiger partial charge in [-0.2, -0.15) is 0 Å². The number of methoxy groups -OCH3 is 1. The number of nitro benzene ring substituents is 1. The van der Waals surface area contributed by atoms with Crippen molar-refractivity contribution >= 4 is 33.9 Å². The third-order valence-electron chi connectivity index (χ3n) is 6.38. The average Bonchev–Trinajstić information content (AvgIpc) is 3.24. The summed E-state index contributed by atoms with van der Waals surface area (Å²) >= 11 is 0. The second-order valence-electron chi connectivity index (χ2n) is 8.36. The highest BCUT2D eigenvalue weighted by Gasteiger charge is 2.22. The Labute approximate surface area is 197 Å². The predicted molar refractivity (Wildman–Crippen MR) is 133 cm³/mol. The molecule has 0 unspecified atom stereocenters. The summed E-state index contributed by atoms with van der Waals surface area (Å²) in [7, 11) is 3.34. The SMILES string of the molecule is CCN(C)c1cc(OC)c(Nc2nccc(-c3cn4c5c(cccc35)CCC4)n2)cc1[N+](=O)[O-]. The van der Waals surface area contributed by atoms with Crippen LogP contribution in [0.15, 0.2) is 48.8 Å². The summed E-state index contributed by atoms with van der Waals surface area (Å²) in [5.41, 5.74) is 5.36. The number of nitrogens with zero attached hydrogens (tertiary/aromatic N) is 5. The van der Waals surface area contributed by atoms with Crippen LogP contribution in [-0.2, 0) is 13.0 Å². The van der Waals surface area contributed by atoms with Gasteiger partial charge in [0.2, 0.25) is 5.95 Å². The number of rotatable bonds is 7. The van der Waals surface area contributed by atoms with Crippen LogP contribution in [0.4, 0.5) is 23.0 Å². The van der Waals surface area contributed by atoms with E-state index in [9.17, 15) is 10.1 Å². The van der Waals surface area contributed by atoms with Crippen LogP contribution in [0.1, 0.15) is 18.9 Å². The third kappa shape index (κ3) is 3.68. The third-order valence-corrected chi connectivity index (χ3v) is 6.38. The van der Waals surface area contributed by atoms with Crippen LogP contribution in [0, 0.1) is 10.1 Å². The molecule has 0 radical (unpaired) electrons. The van der Waals surface area contributed by atoms with Crippen molar-refractivity contribution in [2.75, 3.05) is 30.9 Å². The zero-order valence-corrected chi connectivity index (χ0v) is 19.4. The molecule has 9 heteroatoms. The number of benzene rings is 2. The minimum Gasteiger partial charge on any atom is -0.494 e. The molecule has 0 atom stereocenters. The van der Waals surface area contributed by atoms with Gasteiger partial charge < -0.3 is 19.5 Å². The van der Waals surface area contributed by atoms with Crippen LogP contribution in [0.3, 0.4) is 0 Å². The van der Waals surface area contributed by atoms with Crippen LogP contribution in [-0.4, -0.2) is 40.2 Å². The molecule has 2 aromatic heterocycles. The lowest BCUT2D eigenvalue weighted by atomic mass is 10.0. The first-order chi connectivity index (χ1) is 16.5. The smallest absolute Gasteiger partial charge is 0.294 e. The van der Waals surface area contributed by atoms with Gasteiger partial charge in [-0.25, -0.2) is 9.97 Å². The van der Waals surface area contributed by atoms with Gasteiger partial charge in [0.25, 0.3) is 5.69 Å². The summed E-state index contributed by atoms with van der Waals surface area (Å²) in [4.78, 5) is 22.3. The Balaban J connectivity index is 1.55. The van der Waals surface area contributed by atoms with E-state index in [4.69, 9.17) is 9.72 Å². The molecule has 1 N–H and O–H groups in total. The van der Waals surface area contributed by atoms with Gasteiger partial charge in [0.1, 0.15) is 11.4 Å². The summed E-state index contributed by atoms with van der Waals surface area (Å²) in [6.45, 7) is 3.54. The predicted octanol–water partition coefficient (Wildman–Crippen LogP) is 5.16. The van der Waals surface area contributed by atoms with Crippen molar-refractivity contribution in [2.24, 2.45) is 0 Å². The fourth-order valence-corrected chi connectivity index (χ4v) is 4.60. The minimum atomic E-state index is -0.392. The first-order valence-electron chi connectivity index (χ1n) is 11.3. The number of aromatic nitrogens is 3. The zero-order chi connectivity index (χ0) is 23.8. The molecule has 0 saturated carbocycles. The van der Waals surface area contributed by atoms with Gasteiger partial charge in [-0.1, -0.05) is 18.2 Å². The molecular weight excluding hydrogens is 432 g/mol. The van der Waals surface area contributed by atoms with E-state index < -0.39 is 4.92 Å². The Kier molecular flexibility index (Phi) is 5.53. The van der Waals surface area contributed by atoms with E-state index in [1.165, 1.54) is 29.6 Å². The van der Waals surface area contributed by atoms with Crippen molar-refractivity contribution in [1.29, 1.82) is 0 Å². The van der Waals surface area contributed by atoms with E-state index in [1.54, 1.807) is 24.2 Å². The fraction of sp³-hybridized carbons (Fsp3) is 0.280. The van der Waals surface area contributed by atoms with E-state index in [1.807, 2.05) is 13.0 Å². The van der Waals surface area contributed by atoms with E-state index in [2.05, 4.69) is 39.3 Å². The monoisotopic (exact) mass is 458 g/mol. The van der Waals surface area contributed by atoms with Gasteiger partial charge in [-0.05, 0) is 31.4 Å². The molecule has 0 bridgehead atoms. The van der Waals surface area contributed by atoms with Crippen LogP contribution >= 0.6 is 0 Å². The number of ether oxygens (including phenoxy) is 1. The van der Waals surface area contributed by atoms with E-state index >= 15 is 0 Å². The summed E-state index contributed by atoms with van der Waals surface area (Å²) in [5.74, 6) is 0.815. The maximum absolute atomic E-state index is 11.8. The van der Waals surface area contributed by atoms with Gasteiger partial charge in [0.15, 0.2) is 0 Å². The van der Waals surface area contributed by atoms with E-state index in [0.29, 0.717) is 29.6 Å². The average molecular weight is 459 g/mol. The minimum absolute atomic E-state index is 0.0159. The van der Waals surface area contributed by atoms with Crippen LogP contribution in [0.2, 0.25) is 0 Å². The highest BCUT2D eigenvalue weighted by atomic mass is 16.6. The first kappa shape index (κ1) is 21.7. The summed E-state index contributed by atoms with van der Waals surface area (Å²) in [5, 5.41) is 16.0. The van der Waals surface area contributed by atoms with Crippen molar-refractivity contribution in [3.8, 4) is 17.0 Å². The number of para-hydroxylation sites is 1. The fourth-order valence-electron chi connectivity index (χ4n) is 4.60. The van der Waals surface area contributed by atoms with Crippen molar-refractivity contribution in [2.45, 2.75) is 26.3 Å². The van der Waals surface area contributed by atoms with E-state index in [-0.39, 0.29) is 5.69 Å². The number of hydrogen-bond donors (Lipinski definition) is 1. The molecule has 3 heterocycles. The largest absolute Gasteiger partial charge is 0.494 e. The maximum Gasteiger partial charge on any atom is 0.294 e. The standard InChI is InChI=1S/C25H26N6O3/c1-4-29(2)21-14-23(34-3)20(13-22(21)31(32)33)28-25-26-11-10-19(27-25)18-15-30-12-6-8-16-7-5-9-17(18)24(16)30/h5,7,9-11,13-15H,4,6,8,12H2,1-3H3,(H,26,27,28). The summed E-state index contributed by atoms with van der Waals surface area (Å²) < 4.78 is 7.83. The molecular formula is C25H26N6O3. The van der Waals surface area contributed by atoms with Gasteiger partial charge in [0.05, 0.1) is 28.9 Å². The molecule has 0 amide bonds. The molecule has 1 aliphatic heterocycles. The number of hydrogen-bond acceptors (Lipinski definition) is 7. The summed E-state index contributed by atoms with van der Waals surface area (Å²) in [6, 6.07) is 11.4. The van der Waals surface area contributed by atoms with Crippen LogP contribution in [0.25, 0.3) is 22.2 Å². The normalized spacial score (nSPS) is 12.6. The topological polar surface area (TPSA) is 98.3 Å². The number of nitrogens with one attached hydrogen (secondary N) is 1. The molecule has 2 aromatic carbocycles. The number of aryl methyl sites for hydroxylation is 2. The maximum atomic E-state index is 11.8. The Morgan fingerprint density at radius 3 is 2.91 bits per heavy atom. The second-order valence-corrected chi connectivity index (χ2v) is 8.36. The highest BCUT2D eigenvalue weighted by Crippen LogP contribution is 2.39. The Morgan fingerprint density at radius 2 is 2.15 bits per heavy atom.